The molecule has 1 N–H and O–H groups in total. The predicted octanol–water partition coefficient (Wildman–Crippen LogP) is 2.66. The maximum absolute atomic E-state index is 12.5. The van der Waals surface area contributed by atoms with Gasteiger partial charge in [-0.25, -0.2) is 0 Å². The van der Waals surface area contributed by atoms with Crippen LogP contribution in [0.25, 0.3) is 0 Å². The summed E-state index contributed by atoms with van der Waals surface area (Å²) in [5.41, 5.74) is 0. The van der Waals surface area contributed by atoms with Gasteiger partial charge in [-0.2, -0.15) is 0 Å². The Bertz CT molecular complexity index is 299. The predicted molar refractivity (Wildman–Crippen MR) is 78.9 cm³/mol. The lowest BCUT2D eigenvalue weighted by Crippen LogP contribution is -2.48. The van der Waals surface area contributed by atoms with Gasteiger partial charge in [0.2, 0.25) is 5.91 Å². The van der Waals surface area contributed by atoms with Gasteiger partial charge in [-0.05, 0) is 63.5 Å². The molecule has 1 amide bonds. The topological polar surface area (TPSA) is 32.3 Å². The van der Waals surface area contributed by atoms with Gasteiger partial charge >= 0.3 is 0 Å². The van der Waals surface area contributed by atoms with Crippen LogP contribution in [0, 0.1) is 17.8 Å². The molecule has 2 aliphatic heterocycles. The van der Waals surface area contributed by atoms with Crippen molar-refractivity contribution in [1.82, 2.24) is 10.2 Å². The first-order valence-corrected chi connectivity index (χ1v) is 8.08. The highest BCUT2D eigenvalue weighted by Gasteiger charge is 2.31. The highest BCUT2D eigenvalue weighted by atomic mass is 16.2. The van der Waals surface area contributed by atoms with E-state index in [1.54, 1.807) is 0 Å². The van der Waals surface area contributed by atoms with E-state index >= 15 is 0 Å². The second-order valence-corrected chi connectivity index (χ2v) is 6.84. The Labute approximate surface area is 118 Å². The zero-order valence-corrected chi connectivity index (χ0v) is 12.8. The normalized spacial score (nSPS) is 33.4. The average Bonchev–Trinajstić information content (AvgIpc) is 2.41. The van der Waals surface area contributed by atoms with Crippen molar-refractivity contribution in [1.29, 1.82) is 0 Å². The quantitative estimate of drug-likeness (QED) is 0.852. The van der Waals surface area contributed by atoms with Gasteiger partial charge in [0.15, 0.2) is 0 Å². The van der Waals surface area contributed by atoms with Gasteiger partial charge in [-0.1, -0.05) is 13.8 Å². The lowest BCUT2D eigenvalue weighted by Gasteiger charge is -2.41. The summed E-state index contributed by atoms with van der Waals surface area (Å²) in [6, 6.07) is 0.428. The van der Waals surface area contributed by atoms with Crippen molar-refractivity contribution in [3.63, 3.8) is 0 Å². The summed E-state index contributed by atoms with van der Waals surface area (Å²) >= 11 is 0. The van der Waals surface area contributed by atoms with Crippen molar-refractivity contribution in [3.05, 3.63) is 0 Å². The Morgan fingerprint density at radius 1 is 1.21 bits per heavy atom. The lowest BCUT2D eigenvalue weighted by molar-refractivity contribution is -0.137. The average molecular weight is 266 g/mol. The van der Waals surface area contributed by atoms with E-state index in [9.17, 15) is 4.79 Å². The van der Waals surface area contributed by atoms with Crippen molar-refractivity contribution in [2.45, 2.75) is 58.9 Å². The van der Waals surface area contributed by atoms with Crippen molar-refractivity contribution >= 4 is 5.91 Å². The number of hydrogen-bond acceptors (Lipinski definition) is 2. The van der Waals surface area contributed by atoms with Crippen LogP contribution < -0.4 is 5.32 Å². The number of carbonyl (C=O) groups excluding carboxylic acids is 1. The fourth-order valence-corrected chi connectivity index (χ4v) is 3.69. The summed E-state index contributed by atoms with van der Waals surface area (Å²) in [6.45, 7) is 10.0. The van der Waals surface area contributed by atoms with Gasteiger partial charge in [-0.15, -0.1) is 0 Å². The minimum absolute atomic E-state index is 0.393. The van der Waals surface area contributed by atoms with E-state index in [2.05, 4.69) is 31.0 Å². The number of amides is 1. The van der Waals surface area contributed by atoms with E-state index < -0.39 is 0 Å². The summed E-state index contributed by atoms with van der Waals surface area (Å²) in [5, 5.41) is 3.39. The first kappa shape index (κ1) is 14.8. The molecule has 0 bridgehead atoms. The van der Waals surface area contributed by atoms with E-state index in [1.165, 1.54) is 19.3 Å². The van der Waals surface area contributed by atoms with E-state index in [0.717, 1.165) is 38.4 Å². The van der Waals surface area contributed by atoms with Gasteiger partial charge in [-0.3, -0.25) is 4.79 Å². The summed E-state index contributed by atoms with van der Waals surface area (Å²) in [6.07, 6.45) is 5.60. The molecule has 3 atom stereocenters. The Morgan fingerprint density at radius 3 is 2.58 bits per heavy atom. The molecule has 2 fully saturated rings. The van der Waals surface area contributed by atoms with Crippen LogP contribution in [0.1, 0.15) is 52.9 Å². The van der Waals surface area contributed by atoms with Crippen molar-refractivity contribution in [3.8, 4) is 0 Å². The molecule has 0 aromatic heterocycles. The largest absolute Gasteiger partial charge is 0.339 e. The lowest BCUT2D eigenvalue weighted by atomic mass is 9.85. The number of piperidine rings is 2. The second kappa shape index (κ2) is 6.74. The number of nitrogens with zero attached hydrogens (tertiary/aromatic N) is 1. The Hall–Kier alpha value is -0.570. The highest BCUT2D eigenvalue weighted by Crippen LogP contribution is 2.28. The van der Waals surface area contributed by atoms with Crippen LogP contribution in [-0.4, -0.2) is 36.5 Å². The number of rotatable bonds is 3. The fourth-order valence-electron chi connectivity index (χ4n) is 3.69. The smallest absolute Gasteiger partial charge is 0.222 e. The van der Waals surface area contributed by atoms with Crippen molar-refractivity contribution < 1.29 is 4.79 Å². The van der Waals surface area contributed by atoms with Crippen molar-refractivity contribution in [2.75, 3.05) is 19.6 Å². The van der Waals surface area contributed by atoms with E-state index in [-0.39, 0.29) is 0 Å². The van der Waals surface area contributed by atoms with Gasteiger partial charge in [0.05, 0.1) is 0 Å². The molecule has 2 saturated heterocycles. The number of nitrogens with one attached hydrogen (secondary N) is 1. The zero-order chi connectivity index (χ0) is 13.8. The molecule has 3 nitrogen and oxygen atoms in total. The summed E-state index contributed by atoms with van der Waals surface area (Å²) in [4.78, 5) is 14.6. The maximum atomic E-state index is 12.5. The van der Waals surface area contributed by atoms with Crippen LogP contribution in [0.5, 0.6) is 0 Å². The molecule has 19 heavy (non-hydrogen) atoms. The van der Waals surface area contributed by atoms with Crippen LogP contribution in [0.3, 0.4) is 0 Å². The maximum Gasteiger partial charge on any atom is 0.222 e. The molecule has 0 saturated carbocycles. The molecule has 3 heteroatoms. The van der Waals surface area contributed by atoms with Crippen LogP contribution in [-0.2, 0) is 4.79 Å². The molecule has 0 aliphatic carbocycles. The third kappa shape index (κ3) is 3.95. The van der Waals surface area contributed by atoms with Gasteiger partial charge in [0.25, 0.3) is 0 Å². The monoisotopic (exact) mass is 266 g/mol. The fraction of sp³-hybridized carbons (Fsp3) is 0.938. The van der Waals surface area contributed by atoms with Crippen LogP contribution in [0.2, 0.25) is 0 Å². The summed E-state index contributed by atoms with van der Waals surface area (Å²) in [5.74, 6) is 2.46. The molecule has 110 valence electrons. The molecule has 2 heterocycles. The standard InChI is InChI=1S/C16H30N2O/c1-12-10-13(2)14(3)18(11-12)16(19)5-4-15-6-8-17-9-7-15/h12-15,17H,4-11H2,1-3H3. The summed E-state index contributed by atoms with van der Waals surface area (Å²) in [7, 11) is 0. The second-order valence-electron chi connectivity index (χ2n) is 6.84. The highest BCUT2D eigenvalue weighted by molar-refractivity contribution is 5.76. The Morgan fingerprint density at radius 2 is 1.89 bits per heavy atom. The molecular formula is C16H30N2O. The van der Waals surface area contributed by atoms with E-state index in [1.807, 2.05) is 0 Å². The third-order valence-corrected chi connectivity index (χ3v) is 5.14. The molecule has 2 aliphatic rings. The Balaban J connectivity index is 1.81. The first-order valence-electron chi connectivity index (χ1n) is 8.08. The van der Waals surface area contributed by atoms with Crippen molar-refractivity contribution in [2.24, 2.45) is 17.8 Å². The number of likely N-dealkylation sites (tertiary alicyclic amines) is 1. The molecule has 3 unspecified atom stereocenters. The minimum atomic E-state index is 0.393. The molecule has 0 radical (unpaired) electrons. The first-order chi connectivity index (χ1) is 9.08. The SMILES string of the molecule is CC1CC(C)C(C)N(C(=O)CCC2CCNCC2)C1. The molecule has 2 rings (SSSR count). The van der Waals surface area contributed by atoms with E-state index in [0.29, 0.717) is 23.8 Å². The zero-order valence-electron chi connectivity index (χ0n) is 12.8. The molecule has 0 spiro atoms. The minimum Gasteiger partial charge on any atom is -0.339 e. The summed E-state index contributed by atoms with van der Waals surface area (Å²) < 4.78 is 0. The van der Waals surface area contributed by atoms with E-state index in [4.69, 9.17) is 0 Å². The van der Waals surface area contributed by atoms with Gasteiger partial charge in [0, 0.05) is 19.0 Å². The molecule has 0 aromatic rings. The van der Waals surface area contributed by atoms with Crippen LogP contribution >= 0.6 is 0 Å². The van der Waals surface area contributed by atoms with Crippen LogP contribution in [0.4, 0.5) is 0 Å². The third-order valence-electron chi connectivity index (χ3n) is 5.14. The molecular weight excluding hydrogens is 236 g/mol. The van der Waals surface area contributed by atoms with Crippen LogP contribution in [0.15, 0.2) is 0 Å². The number of hydrogen-bond donors (Lipinski definition) is 1. The van der Waals surface area contributed by atoms with Gasteiger partial charge < -0.3 is 10.2 Å². The van der Waals surface area contributed by atoms with Gasteiger partial charge in [0.1, 0.15) is 0 Å². The molecule has 0 aromatic carbocycles. The number of carbonyl (C=O) groups is 1. The Kier molecular flexibility index (Phi) is 5.26.